The van der Waals surface area contributed by atoms with Gasteiger partial charge in [-0.2, -0.15) is 0 Å². The predicted octanol–water partition coefficient (Wildman–Crippen LogP) is 0.217. The average Bonchev–Trinajstić information content (AvgIpc) is 2.53. The molecule has 1 aromatic carbocycles. The zero-order valence-electron chi connectivity index (χ0n) is 12.3. The smallest absolute Gasteiger partial charge is 0.243 e. The Labute approximate surface area is 128 Å². The van der Waals surface area contributed by atoms with Crippen molar-refractivity contribution in [3.63, 3.8) is 0 Å². The van der Waals surface area contributed by atoms with Crippen LogP contribution in [0.25, 0.3) is 0 Å². The number of nitrogens with zero attached hydrogens (tertiary/aromatic N) is 1. The molecule has 2 rings (SSSR count). The molecule has 7 heteroatoms. The van der Waals surface area contributed by atoms with Gasteiger partial charge in [0.25, 0.3) is 0 Å². The van der Waals surface area contributed by atoms with Crippen LogP contribution in [0, 0.1) is 0 Å². The van der Waals surface area contributed by atoms with Crippen molar-refractivity contribution in [1.29, 1.82) is 0 Å². The molecule has 1 aliphatic rings. The van der Waals surface area contributed by atoms with Gasteiger partial charge >= 0.3 is 0 Å². The van der Waals surface area contributed by atoms with Crippen molar-refractivity contribution in [3.05, 3.63) is 24.3 Å². The first-order valence-corrected chi connectivity index (χ1v) is 7.27. The molecule has 0 unspecified atom stereocenters. The van der Waals surface area contributed by atoms with E-state index in [9.17, 15) is 14.4 Å². The molecule has 4 N–H and O–H groups in total. The van der Waals surface area contributed by atoms with Gasteiger partial charge < -0.3 is 21.3 Å². The van der Waals surface area contributed by atoms with Crippen LogP contribution in [0.15, 0.2) is 24.3 Å². The molecule has 22 heavy (non-hydrogen) atoms. The van der Waals surface area contributed by atoms with Crippen LogP contribution in [0.2, 0.25) is 0 Å². The predicted molar refractivity (Wildman–Crippen MR) is 83.3 cm³/mol. The van der Waals surface area contributed by atoms with Crippen LogP contribution in [0.1, 0.15) is 19.3 Å². The molecule has 0 spiro atoms. The largest absolute Gasteiger partial charge is 0.346 e. The Hall–Kier alpha value is -2.41. The van der Waals surface area contributed by atoms with E-state index in [4.69, 9.17) is 5.73 Å². The van der Waals surface area contributed by atoms with E-state index in [1.165, 1.54) is 0 Å². The highest BCUT2D eigenvalue weighted by Gasteiger charge is 2.19. The number of carbonyl (C=O) groups is 3. The van der Waals surface area contributed by atoms with Crippen LogP contribution in [-0.4, -0.2) is 37.4 Å². The molecule has 0 radical (unpaired) electrons. The van der Waals surface area contributed by atoms with Crippen molar-refractivity contribution in [2.75, 3.05) is 29.9 Å². The van der Waals surface area contributed by atoms with E-state index in [0.717, 1.165) is 18.5 Å². The molecule has 0 bridgehead atoms. The number of amides is 3. The highest BCUT2D eigenvalue weighted by Crippen LogP contribution is 2.23. The van der Waals surface area contributed by atoms with E-state index >= 15 is 0 Å². The molecule has 1 fully saturated rings. The minimum atomic E-state index is -0.386. The highest BCUT2D eigenvalue weighted by molar-refractivity contribution is 5.97. The molecular weight excluding hydrogens is 284 g/mol. The second-order valence-electron chi connectivity index (χ2n) is 5.08. The van der Waals surface area contributed by atoms with Crippen LogP contribution in [0.5, 0.6) is 0 Å². The molecule has 0 saturated carbocycles. The summed E-state index contributed by atoms with van der Waals surface area (Å²) in [5, 5.41) is 5.08. The summed E-state index contributed by atoms with van der Waals surface area (Å²) in [6.07, 6.45) is 2.46. The normalized spacial score (nSPS) is 14.6. The Bertz CT molecular complexity index is 574. The monoisotopic (exact) mass is 304 g/mol. The zero-order valence-corrected chi connectivity index (χ0v) is 12.3. The van der Waals surface area contributed by atoms with E-state index in [1.54, 1.807) is 23.1 Å². The maximum absolute atomic E-state index is 11.9. The van der Waals surface area contributed by atoms with Crippen molar-refractivity contribution < 1.29 is 14.4 Å². The summed E-state index contributed by atoms with van der Waals surface area (Å²) < 4.78 is 0. The summed E-state index contributed by atoms with van der Waals surface area (Å²) >= 11 is 0. The number of carbonyl (C=O) groups excluding carboxylic acids is 3. The number of piperidine rings is 1. The van der Waals surface area contributed by atoms with E-state index in [1.807, 2.05) is 6.07 Å². The zero-order chi connectivity index (χ0) is 15.9. The maximum atomic E-state index is 11.9. The number of hydrogen-bond donors (Lipinski definition) is 3. The van der Waals surface area contributed by atoms with Gasteiger partial charge in [0.05, 0.1) is 13.1 Å². The Morgan fingerprint density at radius 2 is 2.05 bits per heavy atom. The Kier molecular flexibility index (Phi) is 5.48. The number of rotatable bonds is 5. The first-order chi connectivity index (χ1) is 10.6. The van der Waals surface area contributed by atoms with Gasteiger partial charge in [-0.05, 0) is 31.0 Å². The molecule has 0 atom stereocenters. The van der Waals surface area contributed by atoms with E-state index in [-0.39, 0.29) is 30.8 Å². The van der Waals surface area contributed by atoms with Crippen LogP contribution in [-0.2, 0) is 14.4 Å². The van der Waals surface area contributed by atoms with Crippen molar-refractivity contribution >= 4 is 29.1 Å². The van der Waals surface area contributed by atoms with E-state index < -0.39 is 0 Å². The van der Waals surface area contributed by atoms with E-state index in [2.05, 4.69) is 10.6 Å². The second kappa shape index (κ2) is 7.56. The van der Waals surface area contributed by atoms with E-state index in [0.29, 0.717) is 18.7 Å². The molecule has 118 valence electrons. The molecule has 0 aliphatic carbocycles. The maximum Gasteiger partial charge on any atom is 0.243 e. The van der Waals surface area contributed by atoms with Crippen molar-refractivity contribution in [1.82, 2.24) is 5.32 Å². The summed E-state index contributed by atoms with van der Waals surface area (Å²) in [6.45, 7) is 0.408. The lowest BCUT2D eigenvalue weighted by Gasteiger charge is -2.27. The molecule has 0 aromatic heterocycles. The van der Waals surface area contributed by atoms with Gasteiger partial charge in [0.15, 0.2) is 0 Å². The van der Waals surface area contributed by atoms with Crippen molar-refractivity contribution in [2.24, 2.45) is 5.73 Å². The molecule has 1 saturated heterocycles. The van der Waals surface area contributed by atoms with Gasteiger partial charge in [-0.1, -0.05) is 6.07 Å². The van der Waals surface area contributed by atoms with Crippen LogP contribution in [0.3, 0.4) is 0 Å². The van der Waals surface area contributed by atoms with Gasteiger partial charge in [-0.3, -0.25) is 14.4 Å². The SMILES string of the molecule is NCC(=O)NCC(=O)Nc1cccc(N2CCCCC2=O)c1. The molecule has 1 aromatic rings. The third-order valence-corrected chi connectivity index (χ3v) is 3.40. The van der Waals surface area contributed by atoms with Crippen LogP contribution in [0.4, 0.5) is 11.4 Å². The molecule has 1 heterocycles. The van der Waals surface area contributed by atoms with Gasteiger partial charge in [-0.15, -0.1) is 0 Å². The van der Waals surface area contributed by atoms with Gasteiger partial charge in [0, 0.05) is 24.3 Å². The highest BCUT2D eigenvalue weighted by atomic mass is 16.2. The summed E-state index contributed by atoms with van der Waals surface area (Å²) in [5.74, 6) is -0.628. The Balaban J connectivity index is 1.97. The summed E-state index contributed by atoms with van der Waals surface area (Å²) in [4.78, 5) is 36.4. The lowest BCUT2D eigenvalue weighted by Crippen LogP contribution is -2.36. The summed E-state index contributed by atoms with van der Waals surface area (Å²) in [7, 11) is 0. The average molecular weight is 304 g/mol. The third kappa shape index (κ3) is 4.29. The van der Waals surface area contributed by atoms with Gasteiger partial charge in [0.1, 0.15) is 0 Å². The third-order valence-electron chi connectivity index (χ3n) is 3.40. The Morgan fingerprint density at radius 3 is 2.77 bits per heavy atom. The van der Waals surface area contributed by atoms with Crippen LogP contribution >= 0.6 is 0 Å². The second-order valence-corrected chi connectivity index (χ2v) is 5.08. The minimum Gasteiger partial charge on any atom is -0.346 e. The topological polar surface area (TPSA) is 105 Å². The molecule has 1 aliphatic heterocycles. The number of nitrogens with one attached hydrogen (secondary N) is 2. The lowest BCUT2D eigenvalue weighted by molar-refractivity contribution is -0.123. The Morgan fingerprint density at radius 1 is 1.23 bits per heavy atom. The fraction of sp³-hybridized carbons (Fsp3) is 0.400. The fourth-order valence-corrected chi connectivity index (χ4v) is 2.29. The lowest BCUT2D eigenvalue weighted by atomic mass is 10.1. The number of nitrogens with two attached hydrogens (primary N) is 1. The fourth-order valence-electron chi connectivity index (χ4n) is 2.29. The number of hydrogen-bond acceptors (Lipinski definition) is 4. The standard InChI is InChI=1S/C15H20N4O3/c16-9-13(20)17-10-14(21)18-11-4-3-5-12(8-11)19-7-2-1-6-15(19)22/h3-5,8H,1-2,6-7,9-10,16H2,(H,17,20)(H,18,21). The van der Waals surface area contributed by atoms with Gasteiger partial charge in [-0.25, -0.2) is 0 Å². The summed E-state index contributed by atoms with van der Waals surface area (Å²) in [5.41, 5.74) is 6.50. The molecular formula is C15H20N4O3. The van der Waals surface area contributed by atoms with Crippen LogP contribution < -0.4 is 21.3 Å². The molecule has 3 amide bonds. The number of anilines is 2. The number of benzene rings is 1. The van der Waals surface area contributed by atoms with Crippen molar-refractivity contribution in [3.8, 4) is 0 Å². The minimum absolute atomic E-state index is 0.102. The quantitative estimate of drug-likeness (QED) is 0.723. The summed E-state index contributed by atoms with van der Waals surface area (Å²) in [6, 6.07) is 7.12. The van der Waals surface area contributed by atoms with Gasteiger partial charge in [0.2, 0.25) is 17.7 Å². The van der Waals surface area contributed by atoms with Crippen molar-refractivity contribution in [2.45, 2.75) is 19.3 Å². The molecule has 7 nitrogen and oxygen atoms in total. The first-order valence-electron chi connectivity index (χ1n) is 7.27. The first kappa shape index (κ1) is 16.0.